The number of aromatic nitrogens is 2. The van der Waals surface area contributed by atoms with Crippen LogP contribution in [0.3, 0.4) is 0 Å². The summed E-state index contributed by atoms with van der Waals surface area (Å²) in [6.45, 7) is 4.64. The Morgan fingerprint density at radius 3 is 2.96 bits per heavy atom. The maximum Gasteiger partial charge on any atom is 0.234 e. The molecule has 1 unspecified atom stereocenters. The lowest BCUT2D eigenvalue weighted by molar-refractivity contribution is -0.121. The van der Waals surface area contributed by atoms with Gasteiger partial charge in [-0.05, 0) is 43.5 Å². The van der Waals surface area contributed by atoms with E-state index >= 15 is 0 Å². The second-order valence-corrected chi connectivity index (χ2v) is 7.13. The predicted molar refractivity (Wildman–Crippen MR) is 90.4 cm³/mol. The summed E-state index contributed by atoms with van der Waals surface area (Å²) in [5.41, 5.74) is 2.78. The van der Waals surface area contributed by atoms with E-state index < -0.39 is 0 Å². The minimum Gasteiger partial charge on any atom is -0.348 e. The van der Waals surface area contributed by atoms with Gasteiger partial charge in [0.15, 0.2) is 0 Å². The normalized spacial score (nSPS) is 18.9. The van der Waals surface area contributed by atoms with E-state index in [-0.39, 0.29) is 29.7 Å². The van der Waals surface area contributed by atoms with Gasteiger partial charge in [0.05, 0.1) is 30.2 Å². The highest BCUT2D eigenvalue weighted by Crippen LogP contribution is 2.41. The molecule has 24 heavy (non-hydrogen) atoms. The van der Waals surface area contributed by atoms with Crippen LogP contribution in [-0.4, -0.2) is 29.3 Å². The first-order valence-electron chi connectivity index (χ1n) is 8.16. The maximum atomic E-state index is 13.6. The average Bonchev–Trinajstić information content (AvgIpc) is 2.89. The van der Waals surface area contributed by atoms with Crippen LogP contribution in [0.25, 0.3) is 5.69 Å². The van der Waals surface area contributed by atoms with Gasteiger partial charge in [-0.1, -0.05) is 19.9 Å². The Bertz CT molecular complexity index is 753. The molecule has 0 saturated carbocycles. The molecule has 2 N–H and O–H groups in total. The van der Waals surface area contributed by atoms with Gasteiger partial charge in [0.25, 0.3) is 0 Å². The fourth-order valence-electron chi connectivity index (χ4n) is 3.41. The van der Waals surface area contributed by atoms with Crippen molar-refractivity contribution in [3.63, 3.8) is 0 Å². The van der Waals surface area contributed by atoms with Crippen LogP contribution in [0.4, 0.5) is 4.39 Å². The van der Waals surface area contributed by atoms with E-state index in [0.717, 1.165) is 24.1 Å². The van der Waals surface area contributed by atoms with Crippen molar-refractivity contribution in [2.24, 2.45) is 5.41 Å². The molecule has 0 radical (unpaired) electrons. The first-order valence-corrected chi connectivity index (χ1v) is 8.16. The number of hydrogen-bond acceptors (Lipinski definition) is 3. The summed E-state index contributed by atoms with van der Waals surface area (Å²) in [7, 11) is 1.75. The van der Waals surface area contributed by atoms with E-state index in [1.54, 1.807) is 24.0 Å². The molecule has 3 rings (SSSR count). The van der Waals surface area contributed by atoms with Crippen LogP contribution in [0.2, 0.25) is 0 Å². The first kappa shape index (κ1) is 16.6. The average molecular weight is 330 g/mol. The Morgan fingerprint density at radius 2 is 2.25 bits per heavy atom. The van der Waals surface area contributed by atoms with Crippen LogP contribution in [0.1, 0.15) is 37.6 Å². The third-order valence-corrected chi connectivity index (χ3v) is 4.40. The summed E-state index contributed by atoms with van der Waals surface area (Å²) in [6.07, 6.45) is 3.47. The van der Waals surface area contributed by atoms with Crippen molar-refractivity contribution in [2.45, 2.75) is 32.7 Å². The molecule has 1 aliphatic rings. The maximum absolute atomic E-state index is 13.6. The third kappa shape index (κ3) is 3.33. The quantitative estimate of drug-likeness (QED) is 0.905. The van der Waals surface area contributed by atoms with Gasteiger partial charge in [0.1, 0.15) is 5.82 Å². The van der Waals surface area contributed by atoms with Crippen molar-refractivity contribution >= 4 is 5.91 Å². The lowest BCUT2D eigenvalue weighted by Gasteiger charge is -2.36. The number of rotatable bonds is 4. The lowest BCUT2D eigenvalue weighted by Crippen LogP contribution is -2.39. The van der Waals surface area contributed by atoms with Gasteiger partial charge >= 0.3 is 0 Å². The molecule has 0 saturated heterocycles. The van der Waals surface area contributed by atoms with Crippen molar-refractivity contribution in [2.75, 3.05) is 13.6 Å². The monoisotopic (exact) mass is 330 g/mol. The number of carbonyl (C=O) groups is 1. The SMILES string of the molecule is CNCC(=O)NC1CC(C)(C)Cc2c1cnn2-c1cccc(F)c1. The van der Waals surface area contributed by atoms with Crippen molar-refractivity contribution in [3.8, 4) is 5.69 Å². The third-order valence-electron chi connectivity index (χ3n) is 4.40. The molecule has 5 nitrogen and oxygen atoms in total. The number of likely N-dealkylation sites (N-methyl/N-ethyl adjacent to an activating group) is 1. The summed E-state index contributed by atoms with van der Waals surface area (Å²) < 4.78 is 15.4. The molecular weight excluding hydrogens is 307 g/mol. The molecule has 0 bridgehead atoms. The van der Waals surface area contributed by atoms with Crippen molar-refractivity contribution in [1.82, 2.24) is 20.4 Å². The number of hydrogen-bond donors (Lipinski definition) is 2. The predicted octanol–water partition coefficient (Wildman–Crippen LogP) is 2.36. The minimum absolute atomic E-state index is 0.0235. The van der Waals surface area contributed by atoms with Crippen molar-refractivity contribution in [3.05, 3.63) is 47.5 Å². The Balaban J connectivity index is 1.98. The smallest absolute Gasteiger partial charge is 0.234 e. The van der Waals surface area contributed by atoms with E-state index in [1.165, 1.54) is 12.1 Å². The fraction of sp³-hybridized carbons (Fsp3) is 0.444. The van der Waals surface area contributed by atoms with Gasteiger partial charge in [-0.15, -0.1) is 0 Å². The first-order chi connectivity index (χ1) is 11.4. The number of halogens is 1. The molecule has 128 valence electrons. The number of nitrogens with zero attached hydrogens (tertiary/aromatic N) is 2. The van der Waals surface area contributed by atoms with Crippen LogP contribution in [0, 0.1) is 11.2 Å². The molecule has 0 fully saturated rings. The molecule has 1 aromatic carbocycles. The topological polar surface area (TPSA) is 59.0 Å². The summed E-state index contributed by atoms with van der Waals surface area (Å²) in [5.74, 6) is -0.324. The zero-order valence-electron chi connectivity index (χ0n) is 14.3. The molecule has 0 aliphatic heterocycles. The van der Waals surface area contributed by atoms with Crippen molar-refractivity contribution < 1.29 is 9.18 Å². The largest absolute Gasteiger partial charge is 0.348 e. The molecule has 0 spiro atoms. The molecule has 6 heteroatoms. The Hall–Kier alpha value is -2.21. The van der Waals surface area contributed by atoms with E-state index in [1.807, 2.05) is 6.07 Å². The number of carbonyl (C=O) groups excluding carboxylic acids is 1. The zero-order chi connectivity index (χ0) is 17.3. The number of amides is 1. The van der Waals surface area contributed by atoms with Gasteiger partial charge in [-0.25, -0.2) is 9.07 Å². The van der Waals surface area contributed by atoms with E-state index in [9.17, 15) is 9.18 Å². The van der Waals surface area contributed by atoms with Crippen LogP contribution in [0.5, 0.6) is 0 Å². The second-order valence-electron chi connectivity index (χ2n) is 7.13. The summed E-state index contributed by atoms with van der Waals surface area (Å²) in [5, 5.41) is 10.4. The molecule has 1 amide bonds. The van der Waals surface area contributed by atoms with Gasteiger partial charge in [0.2, 0.25) is 5.91 Å². The molecule has 2 aromatic rings. The lowest BCUT2D eigenvalue weighted by atomic mass is 9.74. The number of benzene rings is 1. The molecule has 1 aromatic heterocycles. The Morgan fingerprint density at radius 1 is 1.46 bits per heavy atom. The summed E-state index contributed by atoms with van der Waals surface area (Å²) in [6, 6.07) is 6.34. The minimum atomic E-state index is -0.286. The van der Waals surface area contributed by atoms with Crippen LogP contribution >= 0.6 is 0 Å². The Labute approximate surface area is 141 Å². The highest BCUT2D eigenvalue weighted by molar-refractivity contribution is 5.78. The van der Waals surface area contributed by atoms with Gasteiger partial charge in [0, 0.05) is 5.56 Å². The standard InChI is InChI=1S/C18H23FN4O/c1-18(2)8-15(22-17(24)11-20-3)14-10-21-23(16(14)9-18)13-6-4-5-12(19)7-13/h4-7,10,15,20H,8-9,11H2,1-3H3,(H,22,24). The molecule has 1 aliphatic carbocycles. The molecule has 1 heterocycles. The molecular formula is C18H23FN4O. The number of nitrogens with one attached hydrogen (secondary N) is 2. The van der Waals surface area contributed by atoms with Crippen molar-refractivity contribution in [1.29, 1.82) is 0 Å². The van der Waals surface area contributed by atoms with Gasteiger partial charge in [-0.3, -0.25) is 4.79 Å². The van der Waals surface area contributed by atoms with Crippen LogP contribution < -0.4 is 10.6 Å². The zero-order valence-corrected chi connectivity index (χ0v) is 14.3. The molecule has 1 atom stereocenters. The Kier molecular flexibility index (Phi) is 4.41. The summed E-state index contributed by atoms with van der Waals surface area (Å²) >= 11 is 0. The van der Waals surface area contributed by atoms with Crippen LogP contribution in [-0.2, 0) is 11.2 Å². The van der Waals surface area contributed by atoms with E-state index in [0.29, 0.717) is 5.69 Å². The van der Waals surface area contributed by atoms with Crippen LogP contribution in [0.15, 0.2) is 30.5 Å². The van der Waals surface area contributed by atoms with E-state index in [2.05, 4.69) is 29.6 Å². The fourth-order valence-corrected chi connectivity index (χ4v) is 3.41. The highest BCUT2D eigenvalue weighted by Gasteiger charge is 2.35. The van der Waals surface area contributed by atoms with E-state index in [4.69, 9.17) is 0 Å². The number of fused-ring (bicyclic) bond motifs is 1. The van der Waals surface area contributed by atoms with Gasteiger partial charge in [-0.2, -0.15) is 5.10 Å². The van der Waals surface area contributed by atoms with Gasteiger partial charge < -0.3 is 10.6 Å². The summed E-state index contributed by atoms with van der Waals surface area (Å²) in [4.78, 5) is 12.0. The second kappa shape index (κ2) is 6.36. The highest BCUT2D eigenvalue weighted by atomic mass is 19.1.